The van der Waals surface area contributed by atoms with Crippen molar-refractivity contribution in [2.45, 2.75) is 19.4 Å². The molecule has 0 aliphatic heterocycles. The smallest absolute Gasteiger partial charge is 0.0861 e. The lowest BCUT2D eigenvalue weighted by Gasteiger charge is -2.16. The van der Waals surface area contributed by atoms with Crippen molar-refractivity contribution in [2.24, 2.45) is 0 Å². The van der Waals surface area contributed by atoms with Crippen LogP contribution in [-0.2, 0) is 5.60 Å². The monoisotopic (exact) mass is 253 g/mol. The van der Waals surface area contributed by atoms with Gasteiger partial charge in [-0.25, -0.2) is 0 Å². The molecule has 0 atom stereocenters. The zero-order valence-electron chi connectivity index (χ0n) is 8.13. The minimum absolute atomic E-state index is 0.807. The second kappa shape index (κ2) is 3.11. The van der Waals surface area contributed by atoms with Crippen molar-refractivity contribution in [3.8, 4) is 0 Å². The van der Waals surface area contributed by atoms with Gasteiger partial charge < -0.3 is 10.1 Å². The minimum Gasteiger partial charge on any atom is -0.386 e. The van der Waals surface area contributed by atoms with Crippen LogP contribution in [0.15, 0.2) is 28.9 Å². The van der Waals surface area contributed by atoms with Crippen LogP contribution in [-0.4, -0.2) is 10.1 Å². The molecule has 0 saturated heterocycles. The first-order valence-electron chi connectivity index (χ1n) is 4.48. The second-order valence-electron chi connectivity index (χ2n) is 3.92. The lowest BCUT2D eigenvalue weighted by atomic mass is 9.98. The van der Waals surface area contributed by atoms with Crippen LogP contribution in [0.4, 0.5) is 0 Å². The Morgan fingerprint density at radius 1 is 1.36 bits per heavy atom. The van der Waals surface area contributed by atoms with E-state index in [1.54, 1.807) is 13.8 Å². The van der Waals surface area contributed by atoms with E-state index in [0.717, 1.165) is 20.9 Å². The fourth-order valence-corrected chi connectivity index (χ4v) is 2.10. The standard InChI is InChI=1S/C11H12BrNO/c1-11(2,14)8-6-13-10-7(8)4-3-5-9(10)12/h3-6,13-14H,1-2H3. The number of aromatic amines is 1. The number of aliphatic hydroxyl groups is 1. The maximum Gasteiger partial charge on any atom is 0.0861 e. The highest BCUT2D eigenvalue weighted by Gasteiger charge is 2.20. The summed E-state index contributed by atoms with van der Waals surface area (Å²) in [6.07, 6.45) is 1.86. The Hall–Kier alpha value is -0.800. The number of benzene rings is 1. The van der Waals surface area contributed by atoms with Crippen LogP contribution in [0.2, 0.25) is 0 Å². The van der Waals surface area contributed by atoms with Crippen molar-refractivity contribution < 1.29 is 5.11 Å². The predicted molar refractivity (Wildman–Crippen MR) is 61.2 cm³/mol. The van der Waals surface area contributed by atoms with E-state index in [9.17, 15) is 5.11 Å². The highest BCUT2D eigenvalue weighted by Crippen LogP contribution is 2.31. The van der Waals surface area contributed by atoms with E-state index in [2.05, 4.69) is 20.9 Å². The Bertz CT molecular complexity index is 468. The molecule has 1 aromatic heterocycles. The molecular formula is C11H12BrNO. The summed E-state index contributed by atoms with van der Waals surface area (Å²) in [5.41, 5.74) is 1.15. The van der Waals surface area contributed by atoms with Gasteiger partial charge in [-0.15, -0.1) is 0 Å². The summed E-state index contributed by atoms with van der Waals surface area (Å²) < 4.78 is 1.02. The second-order valence-corrected chi connectivity index (χ2v) is 4.78. The number of rotatable bonds is 1. The van der Waals surface area contributed by atoms with Crippen LogP contribution in [0.3, 0.4) is 0 Å². The number of para-hydroxylation sites is 1. The van der Waals surface area contributed by atoms with E-state index in [0.29, 0.717) is 0 Å². The molecule has 0 aliphatic carbocycles. The first kappa shape index (κ1) is 9.74. The van der Waals surface area contributed by atoms with Gasteiger partial charge in [0.15, 0.2) is 0 Å². The summed E-state index contributed by atoms with van der Waals surface area (Å²) in [5.74, 6) is 0. The van der Waals surface area contributed by atoms with Gasteiger partial charge in [0.1, 0.15) is 0 Å². The average molecular weight is 254 g/mol. The van der Waals surface area contributed by atoms with E-state index in [4.69, 9.17) is 0 Å². The number of aromatic nitrogens is 1. The van der Waals surface area contributed by atoms with Gasteiger partial charge in [0.05, 0.1) is 11.1 Å². The first-order valence-corrected chi connectivity index (χ1v) is 5.28. The summed E-state index contributed by atoms with van der Waals surface area (Å²) in [4.78, 5) is 3.16. The highest BCUT2D eigenvalue weighted by molar-refractivity contribution is 9.10. The van der Waals surface area contributed by atoms with E-state index in [1.165, 1.54) is 0 Å². The normalized spacial score (nSPS) is 12.3. The Kier molecular flexibility index (Phi) is 2.16. The maximum absolute atomic E-state index is 9.93. The molecule has 0 spiro atoms. The number of halogens is 1. The van der Waals surface area contributed by atoms with Gasteiger partial charge >= 0.3 is 0 Å². The molecule has 0 saturated carbocycles. The van der Waals surface area contributed by atoms with Crippen molar-refractivity contribution >= 4 is 26.8 Å². The molecule has 0 amide bonds. The van der Waals surface area contributed by atoms with Gasteiger partial charge in [0.25, 0.3) is 0 Å². The zero-order chi connectivity index (χ0) is 10.3. The van der Waals surface area contributed by atoms with Gasteiger partial charge in [0.2, 0.25) is 0 Å². The first-order chi connectivity index (χ1) is 6.50. The van der Waals surface area contributed by atoms with Crippen LogP contribution in [0.1, 0.15) is 19.4 Å². The van der Waals surface area contributed by atoms with E-state index in [1.807, 2.05) is 24.4 Å². The molecule has 0 radical (unpaired) electrons. The van der Waals surface area contributed by atoms with Gasteiger partial charge in [0, 0.05) is 21.6 Å². The predicted octanol–water partition coefficient (Wildman–Crippen LogP) is 3.16. The number of hydrogen-bond donors (Lipinski definition) is 2. The Balaban J connectivity index is 2.76. The Labute approximate surface area is 91.1 Å². The molecule has 14 heavy (non-hydrogen) atoms. The third-order valence-corrected chi connectivity index (χ3v) is 2.98. The number of nitrogens with one attached hydrogen (secondary N) is 1. The molecule has 1 aromatic carbocycles. The molecule has 0 unspecified atom stereocenters. The molecular weight excluding hydrogens is 242 g/mol. The van der Waals surface area contributed by atoms with Crippen molar-refractivity contribution in [2.75, 3.05) is 0 Å². The van der Waals surface area contributed by atoms with E-state index >= 15 is 0 Å². The van der Waals surface area contributed by atoms with Gasteiger partial charge in [-0.2, -0.15) is 0 Å². The molecule has 1 heterocycles. The maximum atomic E-state index is 9.93. The van der Waals surface area contributed by atoms with Crippen LogP contribution in [0.5, 0.6) is 0 Å². The molecule has 2 rings (SSSR count). The summed E-state index contributed by atoms with van der Waals surface area (Å²) in [6, 6.07) is 5.95. The fraction of sp³-hybridized carbons (Fsp3) is 0.273. The van der Waals surface area contributed by atoms with E-state index in [-0.39, 0.29) is 0 Å². The molecule has 3 heteroatoms. The number of fused-ring (bicyclic) bond motifs is 1. The fourth-order valence-electron chi connectivity index (χ4n) is 1.62. The molecule has 0 fully saturated rings. The largest absolute Gasteiger partial charge is 0.386 e. The summed E-state index contributed by atoms with van der Waals surface area (Å²) in [7, 11) is 0. The molecule has 2 aromatic rings. The molecule has 0 aliphatic rings. The van der Waals surface area contributed by atoms with Gasteiger partial charge in [-0.3, -0.25) is 0 Å². The van der Waals surface area contributed by atoms with Crippen molar-refractivity contribution in [1.29, 1.82) is 0 Å². The topological polar surface area (TPSA) is 36.0 Å². The van der Waals surface area contributed by atoms with Crippen LogP contribution >= 0.6 is 15.9 Å². The van der Waals surface area contributed by atoms with E-state index < -0.39 is 5.60 Å². The number of hydrogen-bond acceptors (Lipinski definition) is 1. The lowest BCUT2D eigenvalue weighted by Crippen LogP contribution is -2.14. The van der Waals surface area contributed by atoms with Crippen molar-refractivity contribution in [3.63, 3.8) is 0 Å². The Morgan fingerprint density at radius 3 is 2.71 bits per heavy atom. The molecule has 0 bridgehead atoms. The summed E-state index contributed by atoms with van der Waals surface area (Å²) >= 11 is 3.46. The van der Waals surface area contributed by atoms with Crippen LogP contribution in [0, 0.1) is 0 Å². The van der Waals surface area contributed by atoms with Gasteiger partial charge in [-0.1, -0.05) is 12.1 Å². The third-order valence-electron chi connectivity index (χ3n) is 2.32. The molecule has 74 valence electrons. The number of H-pyrrole nitrogens is 1. The SMILES string of the molecule is CC(C)(O)c1c[nH]c2c(Br)cccc12. The molecule has 2 N–H and O–H groups in total. The van der Waals surface area contributed by atoms with Crippen LogP contribution < -0.4 is 0 Å². The molecule has 2 nitrogen and oxygen atoms in total. The summed E-state index contributed by atoms with van der Waals surface area (Å²) in [5, 5.41) is 11.0. The average Bonchev–Trinajstić information content (AvgIpc) is 2.47. The Morgan fingerprint density at radius 2 is 2.07 bits per heavy atom. The van der Waals surface area contributed by atoms with Crippen molar-refractivity contribution in [1.82, 2.24) is 4.98 Å². The van der Waals surface area contributed by atoms with Gasteiger partial charge in [-0.05, 0) is 35.8 Å². The summed E-state index contributed by atoms with van der Waals surface area (Å²) in [6.45, 7) is 3.58. The van der Waals surface area contributed by atoms with Crippen LogP contribution in [0.25, 0.3) is 10.9 Å². The third kappa shape index (κ3) is 1.47. The van der Waals surface area contributed by atoms with Crippen molar-refractivity contribution in [3.05, 3.63) is 34.4 Å². The zero-order valence-corrected chi connectivity index (χ0v) is 9.72. The minimum atomic E-state index is -0.807. The lowest BCUT2D eigenvalue weighted by molar-refractivity contribution is 0.0802. The quantitative estimate of drug-likeness (QED) is 0.805. The highest BCUT2D eigenvalue weighted by atomic mass is 79.9.